The van der Waals surface area contributed by atoms with Crippen LogP contribution < -0.4 is 11.1 Å². The molecule has 1 saturated heterocycles. The third kappa shape index (κ3) is 3.89. The maximum Gasteiger partial charge on any atom is 0.123 e. The van der Waals surface area contributed by atoms with Gasteiger partial charge in [0, 0.05) is 50.1 Å². The monoisotopic (exact) mass is 302 g/mol. The van der Waals surface area contributed by atoms with Crippen molar-refractivity contribution in [3.63, 3.8) is 0 Å². The third-order valence-electron chi connectivity index (χ3n) is 3.74. The predicted octanol–water partition coefficient (Wildman–Crippen LogP) is 1.72. The van der Waals surface area contributed by atoms with E-state index in [0.717, 1.165) is 49.8 Å². The van der Waals surface area contributed by atoms with Crippen molar-refractivity contribution in [2.45, 2.75) is 13.0 Å². The zero-order valence-electron chi connectivity index (χ0n) is 12.2. The van der Waals surface area contributed by atoms with Gasteiger partial charge in [0.2, 0.25) is 0 Å². The summed E-state index contributed by atoms with van der Waals surface area (Å²) >= 11 is 1.71. The van der Waals surface area contributed by atoms with Crippen LogP contribution in [0.25, 0.3) is 10.6 Å². The van der Waals surface area contributed by atoms with Gasteiger partial charge in [-0.3, -0.25) is 4.90 Å². The van der Waals surface area contributed by atoms with E-state index in [2.05, 4.69) is 44.8 Å². The third-order valence-corrected chi connectivity index (χ3v) is 4.68. The van der Waals surface area contributed by atoms with Crippen LogP contribution in [-0.4, -0.2) is 42.6 Å². The van der Waals surface area contributed by atoms with Crippen LogP contribution in [0, 0.1) is 0 Å². The molecule has 3 N–H and O–H groups in total. The average molecular weight is 302 g/mol. The van der Waals surface area contributed by atoms with Crippen LogP contribution >= 0.6 is 11.3 Å². The summed E-state index contributed by atoms with van der Waals surface area (Å²) in [7, 11) is 0. The Hall–Kier alpha value is -1.27. The second-order valence-electron chi connectivity index (χ2n) is 5.41. The molecule has 112 valence electrons. The van der Waals surface area contributed by atoms with Crippen LogP contribution in [0.4, 0.5) is 0 Å². The van der Waals surface area contributed by atoms with Gasteiger partial charge in [0.25, 0.3) is 0 Å². The summed E-state index contributed by atoms with van der Waals surface area (Å²) in [6.45, 7) is 6.12. The first kappa shape index (κ1) is 14.7. The number of piperazine rings is 1. The van der Waals surface area contributed by atoms with E-state index in [-0.39, 0.29) is 0 Å². The summed E-state index contributed by atoms with van der Waals surface area (Å²) in [5.74, 6) is 0. The first-order valence-corrected chi connectivity index (χ1v) is 8.40. The number of aromatic nitrogens is 1. The van der Waals surface area contributed by atoms with Crippen LogP contribution in [0.1, 0.15) is 11.3 Å². The van der Waals surface area contributed by atoms with E-state index in [1.807, 2.05) is 0 Å². The number of hydrogen-bond donors (Lipinski definition) is 2. The molecule has 0 saturated carbocycles. The van der Waals surface area contributed by atoms with Crippen molar-refractivity contribution >= 4 is 11.3 Å². The molecular weight excluding hydrogens is 280 g/mol. The Morgan fingerprint density at radius 3 is 2.95 bits per heavy atom. The van der Waals surface area contributed by atoms with Crippen molar-refractivity contribution < 1.29 is 0 Å². The van der Waals surface area contributed by atoms with Crippen LogP contribution in [0.15, 0.2) is 29.6 Å². The molecule has 21 heavy (non-hydrogen) atoms. The Morgan fingerprint density at radius 2 is 2.14 bits per heavy atom. The molecule has 0 amide bonds. The minimum atomic E-state index is 0.659. The largest absolute Gasteiger partial charge is 0.330 e. The Balaban J connectivity index is 1.72. The number of nitrogens with two attached hydrogens (primary N) is 1. The molecule has 1 fully saturated rings. The molecule has 0 bridgehead atoms. The Kier molecular flexibility index (Phi) is 4.98. The lowest BCUT2D eigenvalue weighted by atomic mass is 10.1. The molecule has 0 atom stereocenters. The van der Waals surface area contributed by atoms with Crippen LogP contribution in [0.5, 0.6) is 0 Å². The first-order valence-electron chi connectivity index (χ1n) is 7.52. The molecule has 1 aliphatic rings. The SMILES string of the molecule is NCCc1csc(-c2cccc(CN3CCNCC3)c2)n1. The molecular formula is C16H22N4S. The molecule has 2 heterocycles. The zero-order chi connectivity index (χ0) is 14.5. The Bertz CT molecular complexity index is 575. The van der Waals surface area contributed by atoms with Gasteiger partial charge in [-0.2, -0.15) is 0 Å². The quantitative estimate of drug-likeness (QED) is 0.883. The lowest BCUT2D eigenvalue weighted by Gasteiger charge is -2.27. The second kappa shape index (κ2) is 7.13. The molecule has 0 aliphatic carbocycles. The molecule has 4 nitrogen and oxygen atoms in total. The van der Waals surface area contributed by atoms with Gasteiger partial charge in [-0.25, -0.2) is 4.98 Å². The first-order chi connectivity index (χ1) is 10.3. The van der Waals surface area contributed by atoms with E-state index in [1.165, 1.54) is 11.1 Å². The fourth-order valence-corrected chi connectivity index (χ4v) is 3.48. The minimum absolute atomic E-state index is 0.659. The summed E-state index contributed by atoms with van der Waals surface area (Å²) in [6.07, 6.45) is 0.858. The van der Waals surface area contributed by atoms with Crippen molar-refractivity contribution in [3.05, 3.63) is 40.9 Å². The van der Waals surface area contributed by atoms with Gasteiger partial charge >= 0.3 is 0 Å². The van der Waals surface area contributed by atoms with Crippen molar-refractivity contribution in [1.82, 2.24) is 15.2 Å². The summed E-state index contributed by atoms with van der Waals surface area (Å²) in [6, 6.07) is 8.76. The van der Waals surface area contributed by atoms with E-state index >= 15 is 0 Å². The van der Waals surface area contributed by atoms with Gasteiger partial charge in [0.15, 0.2) is 0 Å². The number of hydrogen-bond acceptors (Lipinski definition) is 5. The lowest BCUT2D eigenvalue weighted by Crippen LogP contribution is -2.42. The molecule has 0 radical (unpaired) electrons. The normalized spacial score (nSPS) is 16.2. The van der Waals surface area contributed by atoms with Crippen molar-refractivity contribution in [2.24, 2.45) is 5.73 Å². The number of benzene rings is 1. The van der Waals surface area contributed by atoms with Gasteiger partial charge < -0.3 is 11.1 Å². The second-order valence-corrected chi connectivity index (χ2v) is 6.27. The van der Waals surface area contributed by atoms with Gasteiger partial charge in [-0.05, 0) is 18.2 Å². The highest BCUT2D eigenvalue weighted by Crippen LogP contribution is 2.25. The highest BCUT2D eigenvalue weighted by Gasteiger charge is 2.11. The molecule has 5 heteroatoms. The molecule has 1 aromatic heterocycles. The van der Waals surface area contributed by atoms with Gasteiger partial charge in [0.05, 0.1) is 5.69 Å². The van der Waals surface area contributed by atoms with Crippen molar-refractivity contribution in [2.75, 3.05) is 32.7 Å². The fraction of sp³-hybridized carbons (Fsp3) is 0.438. The minimum Gasteiger partial charge on any atom is -0.330 e. The van der Waals surface area contributed by atoms with Gasteiger partial charge in [-0.15, -0.1) is 11.3 Å². The van der Waals surface area contributed by atoms with Crippen molar-refractivity contribution in [3.8, 4) is 10.6 Å². The van der Waals surface area contributed by atoms with Gasteiger partial charge in [0.1, 0.15) is 5.01 Å². The van der Waals surface area contributed by atoms with E-state index < -0.39 is 0 Å². The van der Waals surface area contributed by atoms with Crippen LogP contribution in [-0.2, 0) is 13.0 Å². The van der Waals surface area contributed by atoms with E-state index in [9.17, 15) is 0 Å². The topological polar surface area (TPSA) is 54.2 Å². The summed E-state index contributed by atoms with van der Waals surface area (Å²) in [5, 5.41) is 6.61. The van der Waals surface area contributed by atoms with Crippen LogP contribution in [0.3, 0.4) is 0 Å². The average Bonchev–Trinajstić information content (AvgIpc) is 2.98. The van der Waals surface area contributed by atoms with E-state index in [4.69, 9.17) is 5.73 Å². The standard InChI is InChI=1S/C16H22N4S/c17-5-4-15-12-21-16(19-15)14-3-1-2-13(10-14)11-20-8-6-18-7-9-20/h1-3,10,12,18H,4-9,11,17H2. The summed E-state index contributed by atoms with van der Waals surface area (Å²) < 4.78 is 0. The van der Waals surface area contributed by atoms with Crippen molar-refractivity contribution in [1.29, 1.82) is 0 Å². The number of rotatable bonds is 5. The Morgan fingerprint density at radius 1 is 1.29 bits per heavy atom. The maximum absolute atomic E-state index is 5.59. The predicted molar refractivity (Wildman–Crippen MR) is 88.5 cm³/mol. The highest BCUT2D eigenvalue weighted by molar-refractivity contribution is 7.13. The Labute approximate surface area is 130 Å². The molecule has 3 rings (SSSR count). The summed E-state index contributed by atoms with van der Waals surface area (Å²) in [5.41, 5.74) is 9.28. The smallest absolute Gasteiger partial charge is 0.123 e. The summed E-state index contributed by atoms with van der Waals surface area (Å²) in [4.78, 5) is 7.17. The molecule has 0 spiro atoms. The lowest BCUT2D eigenvalue weighted by molar-refractivity contribution is 0.233. The number of nitrogens with zero attached hydrogens (tertiary/aromatic N) is 2. The highest BCUT2D eigenvalue weighted by atomic mass is 32.1. The number of nitrogens with one attached hydrogen (secondary N) is 1. The number of thiazole rings is 1. The van der Waals surface area contributed by atoms with Crippen LogP contribution in [0.2, 0.25) is 0 Å². The van der Waals surface area contributed by atoms with E-state index in [1.54, 1.807) is 11.3 Å². The zero-order valence-corrected chi connectivity index (χ0v) is 13.0. The molecule has 2 aromatic rings. The molecule has 1 aromatic carbocycles. The van der Waals surface area contributed by atoms with E-state index in [0.29, 0.717) is 6.54 Å². The fourth-order valence-electron chi connectivity index (χ4n) is 2.63. The van der Waals surface area contributed by atoms with Gasteiger partial charge in [-0.1, -0.05) is 18.2 Å². The molecule has 1 aliphatic heterocycles. The molecule has 0 unspecified atom stereocenters. The maximum atomic E-state index is 5.59.